The van der Waals surface area contributed by atoms with Gasteiger partial charge < -0.3 is 25.8 Å². The summed E-state index contributed by atoms with van der Waals surface area (Å²) in [6.07, 6.45) is 5.39. The molecule has 0 radical (unpaired) electrons. The molecule has 0 bridgehead atoms. The molecule has 3 aromatic rings. The average molecular weight is 469 g/mol. The van der Waals surface area contributed by atoms with E-state index in [0.717, 1.165) is 48.0 Å². The van der Waals surface area contributed by atoms with Crippen molar-refractivity contribution in [3.8, 4) is 11.5 Å². The normalized spacial score (nSPS) is 12.8. The van der Waals surface area contributed by atoms with Gasteiger partial charge in [0.15, 0.2) is 11.5 Å². The summed E-state index contributed by atoms with van der Waals surface area (Å²) in [4.78, 5) is 4.23. The zero-order chi connectivity index (χ0) is 23.5. The molecular weight excluding hydrogens is 436 g/mol. The molecule has 2 aromatic carbocycles. The minimum atomic E-state index is 0.0460. The van der Waals surface area contributed by atoms with Crippen LogP contribution in [0.15, 0.2) is 67.0 Å². The molecule has 0 spiro atoms. The number of pyridine rings is 1. The molecule has 3 rings (SSSR count). The monoisotopic (exact) mass is 468 g/mol. The highest BCUT2D eigenvalue weighted by atomic mass is 35.5. The molecule has 0 saturated carbocycles. The van der Waals surface area contributed by atoms with Crippen molar-refractivity contribution in [3.63, 3.8) is 0 Å². The van der Waals surface area contributed by atoms with Gasteiger partial charge in [0.25, 0.3) is 0 Å². The number of benzene rings is 2. The minimum absolute atomic E-state index is 0.0460. The van der Waals surface area contributed by atoms with Crippen LogP contribution < -0.4 is 25.8 Å². The van der Waals surface area contributed by atoms with Crippen molar-refractivity contribution in [2.24, 2.45) is 5.73 Å². The van der Waals surface area contributed by atoms with E-state index in [0.29, 0.717) is 6.54 Å². The molecule has 2 atom stereocenters. The Bertz CT molecular complexity index is 970. The van der Waals surface area contributed by atoms with Gasteiger partial charge in [-0.3, -0.25) is 4.98 Å². The molecule has 0 aliphatic heterocycles. The predicted octanol–water partition coefficient (Wildman–Crippen LogP) is 3.79. The van der Waals surface area contributed by atoms with Crippen molar-refractivity contribution in [1.29, 1.82) is 0 Å². The first-order chi connectivity index (χ1) is 16.1. The fourth-order valence-electron chi connectivity index (χ4n) is 3.78. The first-order valence-electron chi connectivity index (χ1n) is 11.1. The third kappa shape index (κ3) is 7.72. The molecule has 4 N–H and O–H groups in total. The number of nitrogens with two attached hydrogens (primary N) is 1. The maximum atomic E-state index is 6.05. The molecule has 7 heteroatoms. The van der Waals surface area contributed by atoms with Crippen molar-refractivity contribution in [3.05, 3.63) is 88.7 Å². The number of aromatic nitrogens is 1. The van der Waals surface area contributed by atoms with Gasteiger partial charge in [-0.15, -0.1) is 0 Å². The smallest absolute Gasteiger partial charge is 0.160 e. The zero-order valence-corrected chi connectivity index (χ0v) is 20.0. The summed E-state index contributed by atoms with van der Waals surface area (Å²) in [5, 5.41) is 8.07. The van der Waals surface area contributed by atoms with E-state index in [1.807, 2.05) is 36.5 Å². The number of nitrogens with zero attached hydrogens (tertiary/aromatic N) is 1. The summed E-state index contributed by atoms with van der Waals surface area (Å²) in [6.45, 7) is 2.10. The van der Waals surface area contributed by atoms with Crippen LogP contribution >= 0.6 is 11.6 Å². The lowest BCUT2D eigenvalue weighted by Gasteiger charge is -2.24. The van der Waals surface area contributed by atoms with E-state index in [4.69, 9.17) is 26.8 Å². The molecule has 6 nitrogen and oxygen atoms in total. The second-order valence-electron chi connectivity index (χ2n) is 7.90. The number of hydrogen-bond acceptors (Lipinski definition) is 6. The van der Waals surface area contributed by atoms with Gasteiger partial charge in [0, 0.05) is 42.6 Å². The number of rotatable bonds is 13. The highest BCUT2D eigenvalue weighted by Crippen LogP contribution is 2.28. The Balaban J connectivity index is 1.67. The molecule has 33 heavy (non-hydrogen) atoms. The number of methoxy groups -OCH3 is 2. The standard InChI is InChI=1S/C26H33ClN4O2/c1-32-25-10-7-20(15-26(25)33-2)14-23(30-13-11-19-5-8-22(27)9-6-19)18-31-24(16-28)21-4-3-12-29-17-21/h3-10,12,15,17,23-24,30-31H,11,13-14,16,18,28H2,1-2H3. The van der Waals surface area contributed by atoms with E-state index in [2.05, 4.69) is 39.9 Å². The Morgan fingerprint density at radius 3 is 2.39 bits per heavy atom. The molecule has 0 aliphatic rings. The van der Waals surface area contributed by atoms with Crippen LogP contribution in [0.4, 0.5) is 0 Å². The number of halogens is 1. The van der Waals surface area contributed by atoms with E-state index in [-0.39, 0.29) is 12.1 Å². The summed E-state index contributed by atoms with van der Waals surface area (Å²) >= 11 is 6.01. The number of hydrogen-bond donors (Lipinski definition) is 3. The minimum Gasteiger partial charge on any atom is -0.493 e. The highest BCUT2D eigenvalue weighted by molar-refractivity contribution is 6.30. The molecule has 176 valence electrons. The third-order valence-corrected chi connectivity index (χ3v) is 5.88. The maximum absolute atomic E-state index is 6.05. The summed E-state index contributed by atoms with van der Waals surface area (Å²) in [5.41, 5.74) is 9.56. The van der Waals surface area contributed by atoms with E-state index in [1.54, 1.807) is 20.4 Å². The highest BCUT2D eigenvalue weighted by Gasteiger charge is 2.15. The molecule has 1 heterocycles. The Kier molecular flexibility index (Phi) is 9.97. The zero-order valence-electron chi connectivity index (χ0n) is 19.3. The fourth-order valence-corrected chi connectivity index (χ4v) is 3.91. The van der Waals surface area contributed by atoms with E-state index < -0.39 is 0 Å². The Morgan fingerprint density at radius 2 is 1.73 bits per heavy atom. The van der Waals surface area contributed by atoms with Crippen LogP contribution in [-0.2, 0) is 12.8 Å². The van der Waals surface area contributed by atoms with Gasteiger partial charge in [0.05, 0.1) is 14.2 Å². The Labute approximate surface area is 201 Å². The molecule has 1 aromatic heterocycles. The van der Waals surface area contributed by atoms with Crippen LogP contribution in [-0.4, -0.2) is 44.9 Å². The van der Waals surface area contributed by atoms with E-state index in [1.165, 1.54) is 11.1 Å². The average Bonchev–Trinajstić information content (AvgIpc) is 2.86. The largest absolute Gasteiger partial charge is 0.493 e. The quantitative estimate of drug-likeness (QED) is 0.354. The van der Waals surface area contributed by atoms with Crippen LogP contribution in [0, 0.1) is 0 Å². The van der Waals surface area contributed by atoms with Crippen molar-refractivity contribution in [2.75, 3.05) is 33.9 Å². The van der Waals surface area contributed by atoms with Gasteiger partial charge in [-0.25, -0.2) is 0 Å². The molecular formula is C26H33ClN4O2. The van der Waals surface area contributed by atoms with Crippen LogP contribution in [0.1, 0.15) is 22.7 Å². The Morgan fingerprint density at radius 1 is 0.970 bits per heavy atom. The summed E-state index contributed by atoms with van der Waals surface area (Å²) in [5.74, 6) is 1.46. The second-order valence-corrected chi connectivity index (χ2v) is 8.34. The maximum Gasteiger partial charge on any atom is 0.160 e. The van der Waals surface area contributed by atoms with Gasteiger partial charge in [0.1, 0.15) is 0 Å². The first kappa shape index (κ1) is 25.0. The van der Waals surface area contributed by atoms with Gasteiger partial charge in [-0.2, -0.15) is 0 Å². The van der Waals surface area contributed by atoms with Crippen LogP contribution in [0.3, 0.4) is 0 Å². The topological polar surface area (TPSA) is 81.4 Å². The fraction of sp³-hybridized carbons (Fsp3) is 0.346. The van der Waals surface area contributed by atoms with Gasteiger partial charge in [-0.05, 0) is 66.4 Å². The molecule has 2 unspecified atom stereocenters. The van der Waals surface area contributed by atoms with Crippen LogP contribution in [0.25, 0.3) is 0 Å². The lowest BCUT2D eigenvalue weighted by molar-refractivity contribution is 0.354. The van der Waals surface area contributed by atoms with Gasteiger partial charge in [0.2, 0.25) is 0 Å². The first-order valence-corrected chi connectivity index (χ1v) is 11.5. The lowest BCUT2D eigenvalue weighted by atomic mass is 10.0. The Hall–Kier alpha value is -2.64. The molecule has 0 aliphatic carbocycles. The SMILES string of the molecule is COc1ccc(CC(CNC(CN)c2cccnc2)NCCc2ccc(Cl)cc2)cc1OC. The number of ether oxygens (including phenoxy) is 2. The van der Waals surface area contributed by atoms with Crippen molar-refractivity contribution < 1.29 is 9.47 Å². The van der Waals surface area contributed by atoms with Crippen molar-refractivity contribution >= 4 is 11.6 Å². The van der Waals surface area contributed by atoms with E-state index in [9.17, 15) is 0 Å². The van der Waals surface area contributed by atoms with E-state index >= 15 is 0 Å². The molecule has 0 fully saturated rings. The van der Waals surface area contributed by atoms with Crippen molar-refractivity contribution in [1.82, 2.24) is 15.6 Å². The third-order valence-electron chi connectivity index (χ3n) is 5.62. The summed E-state index contributed by atoms with van der Waals surface area (Å²) in [6, 6.07) is 18.3. The summed E-state index contributed by atoms with van der Waals surface area (Å²) in [7, 11) is 3.30. The van der Waals surface area contributed by atoms with Crippen LogP contribution in [0.5, 0.6) is 11.5 Å². The number of nitrogens with one attached hydrogen (secondary N) is 2. The van der Waals surface area contributed by atoms with Gasteiger partial charge >= 0.3 is 0 Å². The predicted molar refractivity (Wildman–Crippen MR) is 134 cm³/mol. The van der Waals surface area contributed by atoms with Crippen LogP contribution in [0.2, 0.25) is 5.02 Å². The molecule has 0 saturated heterocycles. The van der Waals surface area contributed by atoms with Crippen molar-refractivity contribution in [2.45, 2.75) is 24.9 Å². The molecule has 0 amide bonds. The lowest BCUT2D eigenvalue weighted by Crippen LogP contribution is -2.43. The summed E-state index contributed by atoms with van der Waals surface area (Å²) < 4.78 is 10.9. The second kappa shape index (κ2) is 13.2. The van der Waals surface area contributed by atoms with Gasteiger partial charge in [-0.1, -0.05) is 35.9 Å².